The second-order valence-corrected chi connectivity index (χ2v) is 9.92. The third-order valence-electron chi connectivity index (χ3n) is 6.10. The molecule has 0 aliphatic rings. The summed E-state index contributed by atoms with van der Waals surface area (Å²) in [7, 11) is 0. The van der Waals surface area contributed by atoms with Crippen molar-refractivity contribution in [3.8, 4) is 0 Å². The number of unbranched alkanes of at least 4 members (excludes halogenated alkanes) is 11. The van der Waals surface area contributed by atoms with Crippen LogP contribution in [0.5, 0.6) is 0 Å². The molecule has 0 atom stereocenters. The van der Waals surface area contributed by atoms with Gasteiger partial charge in [0.05, 0.1) is 0 Å². The van der Waals surface area contributed by atoms with Crippen LogP contribution in [0.1, 0.15) is 151 Å². The summed E-state index contributed by atoms with van der Waals surface area (Å²) in [6.07, 6.45) is 48.7. The Labute approximate surface area is 286 Å². The second-order valence-electron chi connectivity index (χ2n) is 9.92. The number of aliphatic hydroxyl groups is 1. The molecule has 0 rings (SSSR count). The summed E-state index contributed by atoms with van der Waals surface area (Å²) in [6.45, 7) is 4.66. The van der Waals surface area contributed by atoms with Crippen LogP contribution in [0.25, 0.3) is 0 Å². The number of aliphatic carboxylic acids is 1. The van der Waals surface area contributed by atoms with E-state index in [9.17, 15) is 4.79 Å². The molecule has 0 radical (unpaired) electrons. The Morgan fingerprint density at radius 2 is 0.833 bits per heavy atom. The van der Waals surface area contributed by atoms with Gasteiger partial charge in [0.2, 0.25) is 0 Å². The average Bonchev–Trinajstić information content (AvgIpc) is 2.93. The van der Waals surface area contributed by atoms with Crippen molar-refractivity contribution in [1.82, 2.24) is 0 Å². The van der Waals surface area contributed by atoms with Gasteiger partial charge in [0.15, 0.2) is 17.4 Å². The van der Waals surface area contributed by atoms with Crippen molar-refractivity contribution in [2.75, 3.05) is 6.61 Å². The second kappa shape index (κ2) is 49.7. The molecular formula is C37H70AlLiO3. The van der Waals surface area contributed by atoms with Crippen LogP contribution in [0, 0.1) is 0 Å². The minimum Gasteiger partial charge on any atom is -1.00 e. The molecule has 0 fully saturated rings. The van der Waals surface area contributed by atoms with Gasteiger partial charge in [-0.3, -0.25) is 4.79 Å². The molecule has 3 nitrogen and oxygen atoms in total. The molecule has 5 heteroatoms. The van der Waals surface area contributed by atoms with Gasteiger partial charge < -0.3 is 11.6 Å². The number of allylic oxidation sites excluding steroid dienone is 12. The Morgan fingerprint density at radius 1 is 0.524 bits per heavy atom. The van der Waals surface area contributed by atoms with Crippen LogP contribution in [0.4, 0.5) is 0 Å². The first-order valence-corrected chi connectivity index (χ1v) is 15.9. The van der Waals surface area contributed by atoms with Crippen molar-refractivity contribution >= 4 is 23.3 Å². The van der Waals surface area contributed by atoms with Crippen LogP contribution >= 0.6 is 0 Å². The van der Waals surface area contributed by atoms with E-state index < -0.39 is 5.97 Å². The zero-order valence-electron chi connectivity index (χ0n) is 27.6. The van der Waals surface area contributed by atoms with E-state index in [0.717, 1.165) is 70.6 Å². The number of aliphatic hydroxyl groups excluding tert-OH is 1. The van der Waals surface area contributed by atoms with Crippen molar-refractivity contribution < 1.29 is 35.3 Å². The molecule has 0 bridgehead atoms. The molecule has 0 aliphatic heterocycles. The molecule has 2 N–H and O–H groups in total. The fourth-order valence-corrected chi connectivity index (χ4v) is 3.80. The number of rotatable bonds is 26. The Hall–Kier alpha value is -1.00. The molecule has 0 aliphatic carbocycles. The smallest absolute Gasteiger partial charge is 1.00 e. The van der Waals surface area contributed by atoms with Gasteiger partial charge in [-0.25, -0.2) is 0 Å². The Balaban J connectivity index is -0.000000146. The molecule has 0 aromatic rings. The molecule has 0 unspecified atom stereocenters. The first-order chi connectivity index (χ1) is 19.2. The van der Waals surface area contributed by atoms with Crippen LogP contribution in [0.2, 0.25) is 0 Å². The van der Waals surface area contributed by atoms with E-state index in [2.05, 4.69) is 86.8 Å². The monoisotopic (exact) mass is 597 g/mol. The molecule has 0 saturated heterocycles. The number of carbonyl (C=O) groups is 1. The zero-order chi connectivity index (χ0) is 28.9. The maximum atomic E-state index is 10.3. The van der Waals surface area contributed by atoms with Gasteiger partial charge >= 0.3 is 24.8 Å². The number of hydrogen-bond donors (Lipinski definition) is 2. The summed E-state index contributed by atoms with van der Waals surface area (Å²) in [4.78, 5) is 10.3. The molecular weight excluding hydrogens is 526 g/mol. The Morgan fingerprint density at radius 3 is 1.19 bits per heavy atom. The van der Waals surface area contributed by atoms with Gasteiger partial charge in [0.1, 0.15) is 0 Å². The molecule has 0 aromatic heterocycles. The molecule has 0 saturated carbocycles. The molecule has 0 amide bonds. The van der Waals surface area contributed by atoms with Crippen molar-refractivity contribution in [3.05, 3.63) is 72.9 Å². The summed E-state index contributed by atoms with van der Waals surface area (Å²) < 4.78 is 0. The van der Waals surface area contributed by atoms with Gasteiger partial charge in [-0.2, -0.15) is 0 Å². The topological polar surface area (TPSA) is 57.5 Å². The largest absolute Gasteiger partial charge is 1.00 e. The SMILES string of the molecule is C.CC/C=C\C/C=C\C/C=C\CCCCCCCC(=O)O.CC/C=C\C/C=C\C/C=C\CCCCCCCCO.[AlH3].[H-].[Li+]. The van der Waals surface area contributed by atoms with Crippen LogP contribution in [-0.4, -0.2) is 40.2 Å². The fraction of sp³-hybridized carbons (Fsp3) is 0.649. The van der Waals surface area contributed by atoms with Crippen LogP contribution < -0.4 is 18.9 Å². The zero-order valence-corrected chi connectivity index (χ0v) is 26.6. The van der Waals surface area contributed by atoms with Crippen molar-refractivity contribution in [2.24, 2.45) is 0 Å². The first kappa shape index (κ1) is 50.6. The van der Waals surface area contributed by atoms with E-state index in [0.29, 0.717) is 13.0 Å². The van der Waals surface area contributed by atoms with Crippen molar-refractivity contribution in [2.45, 2.75) is 150 Å². The summed E-state index contributed by atoms with van der Waals surface area (Å²) in [5.74, 6) is -0.675. The summed E-state index contributed by atoms with van der Waals surface area (Å²) >= 11 is 0. The summed E-state index contributed by atoms with van der Waals surface area (Å²) in [5.41, 5.74) is 0. The minimum absolute atomic E-state index is 0. The van der Waals surface area contributed by atoms with Gasteiger partial charge in [0.25, 0.3) is 0 Å². The number of hydrogen-bond acceptors (Lipinski definition) is 2. The van der Waals surface area contributed by atoms with Gasteiger partial charge in [-0.1, -0.05) is 139 Å². The quantitative estimate of drug-likeness (QED) is 0.0609. The standard InChI is InChI=1S/C18H30O2.C18H32O.CH4.Al.Li.4H/c1-2-3-4-5-6-7-8-9-10-11-12-13-14-15-16-17-18(19)20;1-2-3-4-5-6-7-8-9-10-11-12-13-14-15-16-17-18-19;;;;;;;/h3-4,6-7,9-10H,2,5,8,11-17H2,1H3,(H,19,20);3-4,6-7,9-10,19H,2,5,8,11-18H2,1H3;1H4;;;;;;/q;;;;+1;;;;-1/b2*4-3-,7-6-,10-9-;;;;;;;. The van der Waals surface area contributed by atoms with E-state index in [1.807, 2.05) is 0 Å². The predicted octanol–water partition coefficient (Wildman–Crippen LogP) is 7.80. The van der Waals surface area contributed by atoms with E-state index in [-0.39, 0.29) is 45.1 Å². The minimum atomic E-state index is -0.675. The maximum Gasteiger partial charge on any atom is 1.00 e. The van der Waals surface area contributed by atoms with E-state index in [1.54, 1.807) is 0 Å². The van der Waals surface area contributed by atoms with Crippen LogP contribution in [0.3, 0.4) is 0 Å². The van der Waals surface area contributed by atoms with E-state index in [1.165, 1.54) is 51.4 Å². The fourth-order valence-electron chi connectivity index (χ4n) is 3.80. The third-order valence-corrected chi connectivity index (χ3v) is 6.10. The molecule has 42 heavy (non-hydrogen) atoms. The number of carboxylic acid groups (broad SMARTS) is 1. The normalized spacial score (nSPS) is 11.3. The third kappa shape index (κ3) is 55.0. The van der Waals surface area contributed by atoms with Crippen LogP contribution in [-0.2, 0) is 4.79 Å². The summed E-state index contributed by atoms with van der Waals surface area (Å²) in [5, 5.41) is 17.2. The van der Waals surface area contributed by atoms with Gasteiger partial charge in [-0.15, -0.1) is 0 Å². The predicted molar refractivity (Wildman–Crippen MR) is 191 cm³/mol. The van der Waals surface area contributed by atoms with Crippen molar-refractivity contribution in [3.63, 3.8) is 0 Å². The molecule has 240 valence electrons. The Bertz CT molecular complexity index is 673. The summed E-state index contributed by atoms with van der Waals surface area (Å²) in [6, 6.07) is 0. The van der Waals surface area contributed by atoms with Crippen molar-refractivity contribution in [1.29, 1.82) is 0 Å². The van der Waals surface area contributed by atoms with Gasteiger partial charge in [0, 0.05) is 13.0 Å². The molecule has 0 aromatic carbocycles. The molecule has 0 spiro atoms. The molecule has 0 heterocycles. The van der Waals surface area contributed by atoms with Gasteiger partial charge in [-0.05, 0) is 77.0 Å². The van der Waals surface area contributed by atoms with E-state index in [4.69, 9.17) is 10.2 Å². The first-order valence-electron chi connectivity index (χ1n) is 15.9. The van der Waals surface area contributed by atoms with E-state index >= 15 is 0 Å². The Kier molecular flexibility index (Phi) is 59.9. The maximum absolute atomic E-state index is 10.3. The average molecular weight is 597 g/mol. The number of carboxylic acids is 1. The van der Waals surface area contributed by atoms with Crippen LogP contribution in [0.15, 0.2) is 72.9 Å².